The van der Waals surface area contributed by atoms with Crippen molar-refractivity contribution in [3.05, 3.63) is 65.7 Å². The lowest BCUT2D eigenvalue weighted by Gasteiger charge is -2.24. The van der Waals surface area contributed by atoms with Crippen LogP contribution in [0.2, 0.25) is 0 Å². The van der Waals surface area contributed by atoms with Gasteiger partial charge in [-0.1, -0.05) is 31.2 Å². The molecule has 0 saturated carbocycles. The molecule has 0 spiro atoms. The maximum atomic E-state index is 12.5. The van der Waals surface area contributed by atoms with E-state index in [-0.39, 0.29) is 16.8 Å². The molecule has 1 atom stereocenters. The van der Waals surface area contributed by atoms with Crippen LogP contribution in [0.4, 0.5) is 0 Å². The highest BCUT2D eigenvalue weighted by Gasteiger charge is 2.17. The van der Waals surface area contributed by atoms with Crippen molar-refractivity contribution in [3.63, 3.8) is 0 Å². The van der Waals surface area contributed by atoms with Crippen LogP contribution in [0.15, 0.2) is 59.5 Å². The zero-order valence-corrected chi connectivity index (χ0v) is 17.1. The number of nitrogens with two attached hydrogens (primary N) is 1. The molecule has 0 bridgehead atoms. The molecule has 0 heterocycles. The van der Waals surface area contributed by atoms with Gasteiger partial charge in [0.1, 0.15) is 5.75 Å². The minimum atomic E-state index is -3.79. The lowest BCUT2D eigenvalue weighted by molar-refractivity contribution is -0.126. The fraction of sp³-hybridized carbons (Fsp3) is 0.286. The maximum Gasteiger partial charge on any atom is 0.246 e. The Balaban J connectivity index is 2.06. The minimum Gasteiger partial charge on any atom is -0.494 e. The number of carbonyl (C=O) groups excluding carboxylic acids is 1. The summed E-state index contributed by atoms with van der Waals surface area (Å²) in [6.45, 7) is 4.54. The quantitative estimate of drug-likeness (QED) is 0.686. The summed E-state index contributed by atoms with van der Waals surface area (Å²) < 4.78 is 28.6. The first-order valence-electron chi connectivity index (χ1n) is 9.03. The van der Waals surface area contributed by atoms with E-state index < -0.39 is 10.0 Å². The Labute approximate surface area is 166 Å². The molecule has 2 aromatic carbocycles. The van der Waals surface area contributed by atoms with E-state index in [2.05, 4.69) is 0 Å². The van der Waals surface area contributed by atoms with Gasteiger partial charge in [-0.05, 0) is 54.8 Å². The van der Waals surface area contributed by atoms with Crippen molar-refractivity contribution in [2.24, 2.45) is 5.14 Å². The molecule has 1 unspecified atom stereocenters. The van der Waals surface area contributed by atoms with E-state index in [4.69, 9.17) is 9.88 Å². The van der Waals surface area contributed by atoms with Gasteiger partial charge < -0.3 is 9.64 Å². The second kappa shape index (κ2) is 9.52. The summed E-state index contributed by atoms with van der Waals surface area (Å²) in [6, 6.07) is 13.5. The normalized spacial score (nSPS) is 12.7. The predicted molar refractivity (Wildman–Crippen MR) is 110 cm³/mol. The van der Waals surface area contributed by atoms with Gasteiger partial charge in [-0.3, -0.25) is 4.79 Å². The van der Waals surface area contributed by atoms with Crippen LogP contribution in [0.5, 0.6) is 5.75 Å². The summed E-state index contributed by atoms with van der Waals surface area (Å²) >= 11 is 0. The average Bonchev–Trinajstić information content (AvgIpc) is 2.69. The molecule has 150 valence electrons. The standard InChI is InChI=1S/C21H26N2O4S/c1-4-14-27-19-11-8-17(9-12-19)10-13-21(24)23(3)16(2)18-6-5-7-20(15-18)28(22,25)26/h5-13,15-16H,4,14H2,1-3H3,(H2,22,25,26)/b13-10+. The summed E-state index contributed by atoms with van der Waals surface area (Å²) in [5.74, 6) is 0.602. The zero-order chi connectivity index (χ0) is 20.7. The van der Waals surface area contributed by atoms with Crippen LogP contribution in [0.25, 0.3) is 6.08 Å². The van der Waals surface area contributed by atoms with Crippen LogP contribution in [0.1, 0.15) is 37.4 Å². The number of hydrogen-bond donors (Lipinski definition) is 1. The number of carbonyl (C=O) groups is 1. The SMILES string of the molecule is CCCOc1ccc(/C=C/C(=O)N(C)C(C)c2cccc(S(N)(=O)=O)c2)cc1. The second-order valence-corrected chi connectivity index (χ2v) is 8.05. The number of rotatable bonds is 8. The highest BCUT2D eigenvalue weighted by atomic mass is 32.2. The predicted octanol–water partition coefficient (Wildman–Crippen LogP) is 3.36. The van der Waals surface area contributed by atoms with E-state index in [1.807, 2.05) is 38.1 Å². The topological polar surface area (TPSA) is 89.7 Å². The van der Waals surface area contributed by atoms with E-state index in [0.29, 0.717) is 12.2 Å². The molecule has 2 rings (SSSR count). The van der Waals surface area contributed by atoms with Gasteiger partial charge in [-0.2, -0.15) is 0 Å². The van der Waals surface area contributed by atoms with Gasteiger partial charge in [-0.15, -0.1) is 0 Å². The van der Waals surface area contributed by atoms with Crippen molar-refractivity contribution in [1.29, 1.82) is 0 Å². The van der Waals surface area contributed by atoms with E-state index in [0.717, 1.165) is 17.7 Å². The zero-order valence-electron chi connectivity index (χ0n) is 16.3. The van der Waals surface area contributed by atoms with Gasteiger partial charge in [0.05, 0.1) is 17.5 Å². The molecule has 28 heavy (non-hydrogen) atoms. The van der Waals surface area contributed by atoms with Gasteiger partial charge >= 0.3 is 0 Å². The fourth-order valence-corrected chi connectivity index (χ4v) is 3.11. The number of amides is 1. The summed E-state index contributed by atoms with van der Waals surface area (Å²) in [4.78, 5) is 14.1. The van der Waals surface area contributed by atoms with Crippen molar-refractivity contribution in [2.75, 3.05) is 13.7 Å². The Morgan fingerprint density at radius 3 is 2.50 bits per heavy atom. The third-order valence-corrected chi connectivity index (χ3v) is 5.28. The van der Waals surface area contributed by atoms with E-state index >= 15 is 0 Å². The van der Waals surface area contributed by atoms with Crippen molar-refractivity contribution < 1.29 is 17.9 Å². The van der Waals surface area contributed by atoms with Crippen LogP contribution in [0, 0.1) is 0 Å². The Hall–Kier alpha value is -2.64. The van der Waals surface area contributed by atoms with Crippen LogP contribution >= 0.6 is 0 Å². The fourth-order valence-electron chi connectivity index (χ4n) is 2.55. The third-order valence-electron chi connectivity index (χ3n) is 4.37. The monoisotopic (exact) mass is 402 g/mol. The number of nitrogens with zero attached hydrogens (tertiary/aromatic N) is 1. The smallest absolute Gasteiger partial charge is 0.246 e. The first-order chi connectivity index (χ1) is 13.2. The third kappa shape index (κ3) is 5.94. The number of likely N-dealkylation sites (N-methyl/N-ethyl adjacent to an activating group) is 1. The number of primary sulfonamides is 1. The van der Waals surface area contributed by atoms with E-state index in [1.54, 1.807) is 25.3 Å². The molecule has 2 N–H and O–H groups in total. The molecule has 0 aliphatic rings. The van der Waals surface area contributed by atoms with Crippen molar-refractivity contribution in [1.82, 2.24) is 4.90 Å². The average molecular weight is 403 g/mol. The Morgan fingerprint density at radius 1 is 1.21 bits per heavy atom. The van der Waals surface area contributed by atoms with Crippen molar-refractivity contribution >= 4 is 22.0 Å². The lowest BCUT2D eigenvalue weighted by atomic mass is 10.1. The van der Waals surface area contributed by atoms with Gasteiger partial charge in [0.25, 0.3) is 0 Å². The Kier molecular flexibility index (Phi) is 7.37. The summed E-state index contributed by atoms with van der Waals surface area (Å²) in [5.41, 5.74) is 1.57. The van der Waals surface area contributed by atoms with Gasteiger partial charge in [-0.25, -0.2) is 13.6 Å². The lowest BCUT2D eigenvalue weighted by Crippen LogP contribution is -2.28. The van der Waals surface area contributed by atoms with Crippen LogP contribution in [-0.4, -0.2) is 32.9 Å². The number of sulfonamides is 1. The molecule has 0 aromatic heterocycles. The van der Waals surface area contributed by atoms with Crippen molar-refractivity contribution in [3.8, 4) is 5.75 Å². The highest BCUT2D eigenvalue weighted by molar-refractivity contribution is 7.89. The first-order valence-corrected chi connectivity index (χ1v) is 10.6. The van der Waals surface area contributed by atoms with Crippen molar-refractivity contribution in [2.45, 2.75) is 31.2 Å². The van der Waals surface area contributed by atoms with Gasteiger partial charge in [0, 0.05) is 13.1 Å². The maximum absolute atomic E-state index is 12.5. The molecule has 7 heteroatoms. The van der Waals surface area contributed by atoms with Crippen LogP contribution in [0.3, 0.4) is 0 Å². The van der Waals surface area contributed by atoms with Gasteiger partial charge in [0.2, 0.25) is 15.9 Å². The van der Waals surface area contributed by atoms with Gasteiger partial charge in [0.15, 0.2) is 0 Å². The molecule has 0 aliphatic carbocycles. The molecule has 6 nitrogen and oxygen atoms in total. The highest BCUT2D eigenvalue weighted by Crippen LogP contribution is 2.22. The summed E-state index contributed by atoms with van der Waals surface area (Å²) in [7, 11) is -2.12. The molecule has 2 aromatic rings. The second-order valence-electron chi connectivity index (χ2n) is 6.49. The largest absolute Gasteiger partial charge is 0.494 e. The molecule has 0 fully saturated rings. The number of benzene rings is 2. The molecule has 0 aliphatic heterocycles. The summed E-state index contributed by atoms with van der Waals surface area (Å²) in [6.07, 6.45) is 4.17. The minimum absolute atomic E-state index is 0.0265. The van der Waals surface area contributed by atoms with Crippen LogP contribution < -0.4 is 9.88 Å². The van der Waals surface area contributed by atoms with E-state index in [1.165, 1.54) is 23.1 Å². The molecule has 0 saturated heterocycles. The summed E-state index contributed by atoms with van der Waals surface area (Å²) in [5, 5.41) is 5.18. The Bertz CT molecular complexity index is 937. The molecular formula is C21H26N2O4S. The Morgan fingerprint density at radius 2 is 1.89 bits per heavy atom. The molecule has 1 amide bonds. The molecular weight excluding hydrogens is 376 g/mol. The number of hydrogen-bond acceptors (Lipinski definition) is 4. The first kappa shape index (κ1) is 21.7. The van der Waals surface area contributed by atoms with E-state index in [9.17, 15) is 13.2 Å². The molecule has 0 radical (unpaired) electrons. The van der Waals surface area contributed by atoms with Crippen LogP contribution in [-0.2, 0) is 14.8 Å². The number of ether oxygens (including phenoxy) is 1.